The van der Waals surface area contributed by atoms with Crippen LogP contribution in [0.5, 0.6) is 0 Å². The number of nitro groups is 1. The molecule has 7 nitrogen and oxygen atoms in total. The molecule has 0 spiro atoms. The molecule has 0 radical (unpaired) electrons. The highest BCUT2D eigenvalue weighted by Gasteiger charge is 2.34. The van der Waals surface area contributed by atoms with Crippen LogP contribution in [0.4, 0.5) is 15.9 Å². The Labute approximate surface area is 138 Å². The highest BCUT2D eigenvalue weighted by molar-refractivity contribution is 5.61. The summed E-state index contributed by atoms with van der Waals surface area (Å²) >= 11 is 0. The number of aryl methyl sites for hydroxylation is 2. The predicted molar refractivity (Wildman–Crippen MR) is 86.5 cm³/mol. The van der Waals surface area contributed by atoms with E-state index in [2.05, 4.69) is 5.10 Å². The van der Waals surface area contributed by atoms with E-state index in [1.54, 1.807) is 26.1 Å². The number of anilines is 1. The van der Waals surface area contributed by atoms with E-state index < -0.39 is 4.92 Å². The molecule has 2 atom stereocenters. The number of halogens is 1. The Hall–Kier alpha value is -2.48. The quantitative estimate of drug-likeness (QED) is 0.637. The highest BCUT2D eigenvalue weighted by Crippen LogP contribution is 2.35. The summed E-state index contributed by atoms with van der Waals surface area (Å²) in [6.07, 6.45) is -0.409. The van der Waals surface area contributed by atoms with E-state index in [4.69, 9.17) is 4.74 Å². The minimum Gasteiger partial charge on any atom is -0.367 e. The molecule has 0 bridgehead atoms. The fourth-order valence-electron chi connectivity index (χ4n) is 3.19. The third-order valence-corrected chi connectivity index (χ3v) is 4.15. The summed E-state index contributed by atoms with van der Waals surface area (Å²) in [7, 11) is 1.70. The Bertz CT molecular complexity index is 759. The van der Waals surface area contributed by atoms with Gasteiger partial charge in [0, 0.05) is 13.6 Å². The Morgan fingerprint density at radius 2 is 2.00 bits per heavy atom. The fraction of sp³-hybridized carbons (Fsp3) is 0.438. The lowest BCUT2D eigenvalue weighted by atomic mass is 10.1. The largest absolute Gasteiger partial charge is 0.367 e. The lowest BCUT2D eigenvalue weighted by molar-refractivity contribution is -0.384. The van der Waals surface area contributed by atoms with Crippen LogP contribution in [0.3, 0.4) is 0 Å². The Morgan fingerprint density at radius 1 is 1.33 bits per heavy atom. The standard InChI is InChI=1S/C16H19FN4O3/c1-10-8-20(16-15(21(22)23)11(2)18-19(16)3)9-14(24-10)12-4-6-13(17)7-5-12/h4-7,10,14H,8-9H2,1-3H3. The molecule has 2 unspecified atom stereocenters. The molecule has 8 heteroatoms. The molecule has 0 amide bonds. The second kappa shape index (κ2) is 6.20. The first-order chi connectivity index (χ1) is 11.4. The molecule has 1 aliphatic rings. The Balaban J connectivity index is 1.94. The zero-order valence-electron chi connectivity index (χ0n) is 13.8. The number of benzene rings is 1. The van der Waals surface area contributed by atoms with Crippen LogP contribution in [-0.2, 0) is 11.8 Å². The van der Waals surface area contributed by atoms with Gasteiger partial charge in [0.2, 0.25) is 5.82 Å². The molecule has 1 fully saturated rings. The second-order valence-corrected chi connectivity index (χ2v) is 6.03. The van der Waals surface area contributed by atoms with Crippen molar-refractivity contribution in [3.63, 3.8) is 0 Å². The van der Waals surface area contributed by atoms with Gasteiger partial charge in [0.25, 0.3) is 0 Å². The molecular weight excluding hydrogens is 315 g/mol. The van der Waals surface area contributed by atoms with Crippen LogP contribution in [0, 0.1) is 22.9 Å². The van der Waals surface area contributed by atoms with Crippen LogP contribution in [0.2, 0.25) is 0 Å². The smallest absolute Gasteiger partial charge is 0.333 e. The van der Waals surface area contributed by atoms with Crippen molar-refractivity contribution in [2.75, 3.05) is 18.0 Å². The highest BCUT2D eigenvalue weighted by atomic mass is 19.1. The van der Waals surface area contributed by atoms with Crippen molar-refractivity contribution in [1.82, 2.24) is 9.78 Å². The summed E-state index contributed by atoms with van der Waals surface area (Å²) < 4.78 is 20.6. The molecular formula is C16H19FN4O3. The van der Waals surface area contributed by atoms with E-state index in [1.807, 2.05) is 11.8 Å². The normalized spacial score (nSPS) is 21.1. The molecule has 2 heterocycles. The topological polar surface area (TPSA) is 73.4 Å². The van der Waals surface area contributed by atoms with Gasteiger partial charge in [-0.25, -0.2) is 9.07 Å². The number of morpholine rings is 1. The monoisotopic (exact) mass is 334 g/mol. The van der Waals surface area contributed by atoms with Gasteiger partial charge >= 0.3 is 5.69 Å². The maximum absolute atomic E-state index is 13.1. The van der Waals surface area contributed by atoms with Crippen LogP contribution in [0.1, 0.15) is 24.3 Å². The minimum atomic E-state index is -0.398. The third-order valence-electron chi connectivity index (χ3n) is 4.15. The number of rotatable bonds is 3. The number of ether oxygens (including phenoxy) is 1. The van der Waals surface area contributed by atoms with Crippen molar-refractivity contribution in [3.8, 4) is 0 Å². The van der Waals surface area contributed by atoms with Crippen LogP contribution >= 0.6 is 0 Å². The molecule has 2 aromatic rings. The molecule has 0 N–H and O–H groups in total. The summed E-state index contributed by atoms with van der Waals surface area (Å²) in [5.41, 5.74) is 1.24. The van der Waals surface area contributed by atoms with Gasteiger partial charge in [-0.2, -0.15) is 5.10 Å². The zero-order chi connectivity index (χ0) is 17.4. The number of aromatic nitrogens is 2. The number of hydrogen-bond donors (Lipinski definition) is 0. The molecule has 1 aromatic carbocycles. The van der Waals surface area contributed by atoms with Gasteiger partial charge in [0.05, 0.1) is 17.6 Å². The molecule has 1 saturated heterocycles. The summed E-state index contributed by atoms with van der Waals surface area (Å²) in [4.78, 5) is 12.9. The van der Waals surface area contributed by atoms with Crippen molar-refractivity contribution >= 4 is 11.5 Å². The van der Waals surface area contributed by atoms with Gasteiger partial charge in [-0.1, -0.05) is 12.1 Å². The van der Waals surface area contributed by atoms with Crippen molar-refractivity contribution in [2.45, 2.75) is 26.1 Å². The SMILES string of the molecule is Cc1nn(C)c(N2CC(C)OC(c3ccc(F)cc3)C2)c1[N+](=O)[O-]. The van der Waals surface area contributed by atoms with Crippen molar-refractivity contribution in [3.05, 3.63) is 51.5 Å². The number of hydrogen-bond acceptors (Lipinski definition) is 5. The summed E-state index contributed by atoms with van der Waals surface area (Å²) in [6, 6.07) is 6.14. The summed E-state index contributed by atoms with van der Waals surface area (Å²) in [6.45, 7) is 4.51. The van der Waals surface area contributed by atoms with Gasteiger partial charge in [0.1, 0.15) is 17.6 Å². The summed E-state index contributed by atoms with van der Waals surface area (Å²) in [5, 5.41) is 15.6. The molecule has 24 heavy (non-hydrogen) atoms. The van der Waals surface area contributed by atoms with Crippen LogP contribution < -0.4 is 4.90 Å². The fourth-order valence-corrected chi connectivity index (χ4v) is 3.19. The Morgan fingerprint density at radius 3 is 2.62 bits per heavy atom. The van der Waals surface area contributed by atoms with Crippen molar-refractivity contribution in [2.24, 2.45) is 7.05 Å². The number of nitrogens with zero attached hydrogens (tertiary/aromatic N) is 4. The average molecular weight is 334 g/mol. The lowest BCUT2D eigenvalue weighted by Gasteiger charge is -2.37. The average Bonchev–Trinajstić information content (AvgIpc) is 2.82. The maximum atomic E-state index is 13.1. The van der Waals surface area contributed by atoms with Crippen molar-refractivity contribution in [1.29, 1.82) is 0 Å². The second-order valence-electron chi connectivity index (χ2n) is 6.03. The van der Waals surface area contributed by atoms with Gasteiger partial charge in [-0.15, -0.1) is 0 Å². The van der Waals surface area contributed by atoms with E-state index >= 15 is 0 Å². The Kier molecular flexibility index (Phi) is 4.23. The van der Waals surface area contributed by atoms with E-state index in [1.165, 1.54) is 16.8 Å². The first-order valence-electron chi connectivity index (χ1n) is 7.70. The van der Waals surface area contributed by atoms with Gasteiger partial charge in [0.15, 0.2) is 0 Å². The van der Waals surface area contributed by atoms with Crippen LogP contribution in [-0.4, -0.2) is 33.9 Å². The van der Waals surface area contributed by atoms with Crippen LogP contribution in [0.25, 0.3) is 0 Å². The first-order valence-corrected chi connectivity index (χ1v) is 7.70. The zero-order valence-corrected chi connectivity index (χ0v) is 13.8. The predicted octanol–water partition coefficient (Wildman–Crippen LogP) is 2.74. The lowest BCUT2D eigenvalue weighted by Crippen LogP contribution is -2.44. The summed E-state index contributed by atoms with van der Waals surface area (Å²) in [5.74, 6) is 0.164. The van der Waals surface area contributed by atoms with E-state index in [0.29, 0.717) is 24.6 Å². The van der Waals surface area contributed by atoms with E-state index in [-0.39, 0.29) is 23.7 Å². The van der Waals surface area contributed by atoms with Gasteiger partial charge in [-0.05, 0) is 31.5 Å². The molecule has 0 aliphatic carbocycles. The molecule has 128 valence electrons. The first kappa shape index (κ1) is 16.4. The molecule has 1 aliphatic heterocycles. The molecule has 3 rings (SSSR count). The third kappa shape index (κ3) is 2.96. The van der Waals surface area contributed by atoms with Crippen molar-refractivity contribution < 1.29 is 14.1 Å². The van der Waals surface area contributed by atoms with Gasteiger partial charge in [-0.3, -0.25) is 10.1 Å². The molecule has 0 saturated carbocycles. The van der Waals surface area contributed by atoms with Crippen LogP contribution in [0.15, 0.2) is 24.3 Å². The van der Waals surface area contributed by atoms with E-state index in [9.17, 15) is 14.5 Å². The van der Waals surface area contributed by atoms with Gasteiger partial charge < -0.3 is 9.64 Å². The minimum absolute atomic E-state index is 0.0180. The maximum Gasteiger partial charge on any atom is 0.333 e. The molecule has 1 aromatic heterocycles. The van der Waals surface area contributed by atoms with E-state index in [0.717, 1.165) is 5.56 Å².